The Kier molecular flexibility index (Phi) is 3.53. The van der Waals surface area contributed by atoms with E-state index >= 15 is 0 Å². The predicted octanol–water partition coefficient (Wildman–Crippen LogP) is 3.42. The number of hydrogen-bond donors (Lipinski definition) is 1. The molecule has 2 aliphatic heterocycles. The van der Waals surface area contributed by atoms with Crippen LogP contribution in [0, 0.1) is 10.1 Å². The smallest absolute Gasteiger partial charge is 0.290 e. The van der Waals surface area contributed by atoms with Crippen molar-refractivity contribution in [3.05, 3.63) is 63.7 Å². The molecule has 0 aliphatic carbocycles. The number of nitrogens with zero attached hydrogens (tertiary/aromatic N) is 2. The van der Waals surface area contributed by atoms with Gasteiger partial charge in [-0.15, -0.1) is 0 Å². The molecule has 2 aromatic carbocycles. The lowest BCUT2D eigenvalue weighted by molar-refractivity contribution is -0.384. The summed E-state index contributed by atoms with van der Waals surface area (Å²) < 4.78 is 11.3. The van der Waals surface area contributed by atoms with Crippen LogP contribution >= 0.6 is 0 Å². The van der Waals surface area contributed by atoms with E-state index in [0.29, 0.717) is 12.6 Å². The van der Waals surface area contributed by atoms with Gasteiger partial charge in [-0.1, -0.05) is 18.2 Å². The lowest BCUT2D eigenvalue weighted by atomic mass is 10.0. The van der Waals surface area contributed by atoms with E-state index in [4.69, 9.17) is 9.47 Å². The molecular weight excluding hydrogens is 310 g/mol. The van der Waals surface area contributed by atoms with Crippen LogP contribution in [0.5, 0.6) is 5.75 Å². The average molecular weight is 325 g/mol. The van der Waals surface area contributed by atoms with Gasteiger partial charge in [0.05, 0.1) is 17.6 Å². The number of non-ortho nitro benzene ring substituents is 1. The number of ether oxygens (including phenoxy) is 2. The molecular formula is C17H15N3O4. The standard InChI is InChI=1S/C17H15N3O4/c21-20(22)12-5-6-14-11(9-12)10-24-17(18-14)19-15-7-8-23-16-4-2-1-3-13(15)16/h1-6,9,15H,7-8,10H2,(H,18,19). The van der Waals surface area contributed by atoms with Crippen LogP contribution in [-0.2, 0) is 11.3 Å². The molecule has 0 bridgehead atoms. The van der Waals surface area contributed by atoms with Crippen LogP contribution in [0.25, 0.3) is 0 Å². The van der Waals surface area contributed by atoms with Crippen LogP contribution in [0.1, 0.15) is 23.6 Å². The van der Waals surface area contributed by atoms with Crippen molar-refractivity contribution < 1.29 is 14.4 Å². The van der Waals surface area contributed by atoms with E-state index in [1.807, 2.05) is 24.3 Å². The lowest BCUT2D eigenvalue weighted by Gasteiger charge is -2.25. The highest BCUT2D eigenvalue weighted by atomic mass is 16.6. The van der Waals surface area contributed by atoms with Gasteiger partial charge in [0, 0.05) is 35.4 Å². The zero-order chi connectivity index (χ0) is 16.5. The third-order valence-electron chi connectivity index (χ3n) is 4.11. The summed E-state index contributed by atoms with van der Waals surface area (Å²) in [7, 11) is 0. The Balaban J connectivity index is 1.59. The number of hydrogen-bond acceptors (Lipinski definition) is 5. The molecule has 1 atom stereocenters. The number of para-hydroxylation sites is 1. The van der Waals surface area contributed by atoms with Crippen molar-refractivity contribution in [3.8, 4) is 5.75 Å². The first-order valence-corrected chi connectivity index (χ1v) is 7.67. The maximum Gasteiger partial charge on any atom is 0.290 e. The molecule has 1 unspecified atom stereocenters. The van der Waals surface area contributed by atoms with Crippen molar-refractivity contribution in [2.24, 2.45) is 4.99 Å². The summed E-state index contributed by atoms with van der Waals surface area (Å²) in [5, 5.41) is 13.9. The van der Waals surface area contributed by atoms with Gasteiger partial charge in [-0.2, -0.15) is 0 Å². The van der Waals surface area contributed by atoms with Gasteiger partial charge in [0.2, 0.25) is 0 Å². The van der Waals surface area contributed by atoms with Gasteiger partial charge in [-0.25, -0.2) is 4.99 Å². The molecule has 1 N–H and O–H groups in total. The molecule has 2 aliphatic rings. The third-order valence-corrected chi connectivity index (χ3v) is 4.11. The summed E-state index contributed by atoms with van der Waals surface area (Å²) in [6.45, 7) is 0.870. The van der Waals surface area contributed by atoms with Crippen molar-refractivity contribution in [1.29, 1.82) is 0 Å². The monoisotopic (exact) mass is 325 g/mol. The number of aliphatic imine (C=N–C) groups is 1. The first-order chi connectivity index (χ1) is 11.7. The molecule has 24 heavy (non-hydrogen) atoms. The zero-order valence-corrected chi connectivity index (χ0v) is 12.8. The Labute approximate surface area is 138 Å². The van der Waals surface area contributed by atoms with Gasteiger partial charge < -0.3 is 14.8 Å². The first-order valence-electron chi connectivity index (χ1n) is 7.67. The molecule has 122 valence electrons. The minimum atomic E-state index is -0.414. The number of nitro benzene ring substituents is 1. The summed E-state index contributed by atoms with van der Waals surface area (Å²) in [5.41, 5.74) is 2.62. The number of nitro groups is 1. The van der Waals surface area contributed by atoms with Crippen LogP contribution in [0.3, 0.4) is 0 Å². The normalized spacial score (nSPS) is 20.2. The third kappa shape index (κ3) is 2.64. The van der Waals surface area contributed by atoms with Crippen molar-refractivity contribution in [2.75, 3.05) is 11.9 Å². The molecule has 0 aromatic heterocycles. The molecule has 7 heteroatoms. The topological polar surface area (TPSA) is 86.0 Å². The Bertz CT molecular complexity index is 834. The molecule has 0 saturated heterocycles. The second-order valence-corrected chi connectivity index (χ2v) is 5.64. The predicted molar refractivity (Wildman–Crippen MR) is 88.2 cm³/mol. The molecule has 0 fully saturated rings. The van der Waals surface area contributed by atoms with Crippen LogP contribution in [0.2, 0.25) is 0 Å². The second kappa shape index (κ2) is 5.84. The summed E-state index contributed by atoms with van der Waals surface area (Å²) in [6.07, 6.45) is 0.776. The Morgan fingerprint density at radius 1 is 1.21 bits per heavy atom. The number of fused-ring (bicyclic) bond motifs is 2. The highest BCUT2D eigenvalue weighted by Crippen LogP contribution is 2.35. The molecule has 2 heterocycles. The average Bonchev–Trinajstić information content (AvgIpc) is 2.61. The lowest BCUT2D eigenvalue weighted by Crippen LogP contribution is -2.24. The van der Waals surface area contributed by atoms with E-state index in [2.05, 4.69) is 10.3 Å². The highest BCUT2D eigenvalue weighted by Gasteiger charge is 2.23. The number of benzene rings is 2. The number of nitrogens with one attached hydrogen (secondary N) is 1. The molecule has 4 rings (SSSR count). The van der Waals surface area contributed by atoms with E-state index in [9.17, 15) is 10.1 Å². The van der Waals surface area contributed by atoms with E-state index in [1.54, 1.807) is 6.07 Å². The largest absolute Gasteiger partial charge is 0.493 e. The summed E-state index contributed by atoms with van der Waals surface area (Å²) in [5.74, 6) is 0.852. The quantitative estimate of drug-likeness (QED) is 0.675. The first kappa shape index (κ1) is 14.5. The highest BCUT2D eigenvalue weighted by molar-refractivity contribution is 5.92. The van der Waals surface area contributed by atoms with Gasteiger partial charge in [0.15, 0.2) is 0 Å². The minimum Gasteiger partial charge on any atom is -0.493 e. The van der Waals surface area contributed by atoms with Crippen LogP contribution < -0.4 is 10.1 Å². The van der Waals surface area contributed by atoms with E-state index < -0.39 is 4.92 Å². The number of amidine groups is 1. The molecule has 0 spiro atoms. The Morgan fingerprint density at radius 3 is 2.96 bits per heavy atom. The number of anilines is 1. The Hall–Kier alpha value is -3.09. The molecule has 7 nitrogen and oxygen atoms in total. The Morgan fingerprint density at radius 2 is 2.08 bits per heavy atom. The van der Waals surface area contributed by atoms with Crippen molar-refractivity contribution in [2.45, 2.75) is 19.1 Å². The minimum absolute atomic E-state index is 0.0305. The van der Waals surface area contributed by atoms with Gasteiger partial charge in [-0.05, 0) is 12.1 Å². The van der Waals surface area contributed by atoms with Crippen molar-refractivity contribution in [3.63, 3.8) is 0 Å². The maximum absolute atomic E-state index is 10.8. The van der Waals surface area contributed by atoms with Crippen molar-refractivity contribution in [1.82, 2.24) is 0 Å². The SMILES string of the molecule is O=[N+]([O-])c1ccc2c(c1)COC(=NC1CCOc3ccccc31)N2. The summed E-state index contributed by atoms with van der Waals surface area (Å²) >= 11 is 0. The van der Waals surface area contributed by atoms with Gasteiger partial charge >= 0.3 is 0 Å². The van der Waals surface area contributed by atoms with E-state index in [0.717, 1.165) is 29.0 Å². The van der Waals surface area contributed by atoms with Crippen LogP contribution in [0.15, 0.2) is 47.5 Å². The van der Waals surface area contributed by atoms with E-state index in [1.165, 1.54) is 12.1 Å². The van der Waals surface area contributed by atoms with E-state index in [-0.39, 0.29) is 18.3 Å². The maximum atomic E-state index is 10.8. The fraction of sp³-hybridized carbons (Fsp3) is 0.235. The fourth-order valence-electron chi connectivity index (χ4n) is 2.90. The van der Waals surface area contributed by atoms with Crippen molar-refractivity contribution >= 4 is 17.4 Å². The molecule has 2 aromatic rings. The van der Waals surface area contributed by atoms with Gasteiger partial charge in [0.1, 0.15) is 12.4 Å². The fourth-order valence-corrected chi connectivity index (χ4v) is 2.90. The molecule has 0 saturated carbocycles. The second-order valence-electron chi connectivity index (χ2n) is 5.64. The zero-order valence-electron chi connectivity index (χ0n) is 12.8. The number of rotatable bonds is 2. The summed E-state index contributed by atoms with van der Waals surface area (Å²) in [4.78, 5) is 15.1. The summed E-state index contributed by atoms with van der Waals surface area (Å²) in [6, 6.07) is 12.9. The molecule has 0 amide bonds. The molecule has 0 radical (unpaired) electrons. The van der Waals surface area contributed by atoms with Crippen LogP contribution in [0.4, 0.5) is 11.4 Å². The van der Waals surface area contributed by atoms with Crippen LogP contribution in [-0.4, -0.2) is 17.6 Å². The van der Waals surface area contributed by atoms with Gasteiger partial charge in [-0.3, -0.25) is 10.1 Å². The van der Waals surface area contributed by atoms with Gasteiger partial charge in [0.25, 0.3) is 11.7 Å².